The van der Waals surface area contributed by atoms with Crippen LogP contribution >= 0.6 is 0 Å². The lowest BCUT2D eigenvalue weighted by molar-refractivity contribution is -0.142. The number of hydrogen-bond donors (Lipinski definition) is 18. The molecule has 0 aliphatic heterocycles. The molecule has 0 aromatic rings. The van der Waals surface area contributed by atoms with Crippen molar-refractivity contribution in [3.8, 4) is 0 Å². The fraction of sp³-hybridized carbons (Fsp3) is 0.909. The second-order valence-electron chi connectivity index (χ2n) is 16.4. The molecule has 0 radical (unpaired) electrons. The molecule has 0 saturated heterocycles. The first-order chi connectivity index (χ1) is 39.2. The molecule has 38 N–H and O–H groups in total. The first-order valence-corrected chi connectivity index (χ1v) is 30.8. The molecule has 0 atom stereocenters. The number of carbonyl (C=O) groups is 6. The minimum Gasteiger partial charge on any atom is -0.481 e. The summed E-state index contributed by atoms with van der Waals surface area (Å²) < 4.78 is 0. The Balaban J connectivity index is -0.0000000213. The van der Waals surface area contributed by atoms with Gasteiger partial charge in [0.2, 0.25) is 0 Å². The Morgan fingerprint density at radius 1 is 0.312 bits per heavy atom. The third-order valence-electron chi connectivity index (χ3n) is 9.98. The van der Waals surface area contributed by atoms with E-state index in [0.717, 1.165) is 154 Å². The van der Waals surface area contributed by atoms with Crippen LogP contribution in [0.1, 0.15) is 297 Å². The molecule has 4 fully saturated rings. The van der Waals surface area contributed by atoms with Crippen LogP contribution in [0.25, 0.3) is 0 Å². The molecular formula is C66H186N12O18. The van der Waals surface area contributed by atoms with E-state index in [9.17, 15) is 28.8 Å². The van der Waals surface area contributed by atoms with E-state index < -0.39 is 35.8 Å². The zero-order valence-electron chi connectivity index (χ0n) is 58.7. The number of nitrogens with one attached hydrogen (secondary N) is 4. The number of hydrogen-bond acceptors (Lipinski definition) is 18. The van der Waals surface area contributed by atoms with E-state index in [1.54, 1.807) is 21.1 Å². The van der Waals surface area contributed by atoms with Crippen LogP contribution in [0.2, 0.25) is 0 Å². The van der Waals surface area contributed by atoms with Gasteiger partial charge < -0.3 is 131 Å². The van der Waals surface area contributed by atoms with E-state index in [2.05, 4.69) is 46.6 Å². The lowest BCUT2D eigenvalue weighted by atomic mass is 10.1. The largest absolute Gasteiger partial charge is 0.481 e. The van der Waals surface area contributed by atoms with E-state index in [1.165, 1.54) is 0 Å². The molecule has 30 nitrogen and oxygen atoms in total. The second-order valence-corrected chi connectivity index (χ2v) is 16.4. The number of likely N-dealkylation sites (N-methyl/N-ethyl adjacent to an activating group) is 1. The van der Waals surface area contributed by atoms with E-state index in [-0.39, 0.29) is 123 Å². The van der Waals surface area contributed by atoms with Gasteiger partial charge in [0.15, 0.2) is 0 Å². The first kappa shape index (κ1) is 180. The minimum atomic E-state index is -0.682. The number of unbranched alkanes of at least 4 members (excludes halogenated alkanes) is 4. The summed E-state index contributed by atoms with van der Waals surface area (Å²) in [5, 5.41) is 61.0. The number of carboxylic acid groups (broad SMARTS) is 6. The Labute approximate surface area is 594 Å². The molecule has 0 heterocycles. The van der Waals surface area contributed by atoms with Crippen LogP contribution in [0.4, 0.5) is 0 Å². The third-order valence-corrected chi connectivity index (χ3v) is 9.98. The highest BCUT2D eigenvalue weighted by Gasteiger charge is 2.23. The van der Waals surface area contributed by atoms with Crippen LogP contribution in [0.3, 0.4) is 0 Å². The average Bonchev–Trinajstić information content (AvgIpc) is 4.38. The zero-order valence-corrected chi connectivity index (χ0v) is 58.7. The van der Waals surface area contributed by atoms with Gasteiger partial charge in [-0.15, -0.1) is 0 Å². The van der Waals surface area contributed by atoms with Gasteiger partial charge in [0.25, 0.3) is 0 Å². The van der Waals surface area contributed by atoms with Crippen molar-refractivity contribution in [1.29, 1.82) is 0 Å². The number of rotatable bonds is 18. The SMILES string of the molecule is C.C.C.C.C.C.C.C.CC.CC.CC.CC.CC.CCCCCC(=O)O.CCCCCC(=O)O.CNCCN.CNCN.CNCN.CNCN.NCCN.NCN.O.O.O.O.O.O.O=C(O)C1CCCC1.O=C(O)C1CCCC1.O=C(O)C1CCCC1.O=C(O)C1CCCC1. The Morgan fingerprint density at radius 2 is 0.458 bits per heavy atom. The van der Waals surface area contributed by atoms with Crippen molar-refractivity contribution in [2.24, 2.45) is 69.5 Å². The van der Waals surface area contributed by atoms with Crippen LogP contribution in [0, 0.1) is 23.7 Å². The van der Waals surface area contributed by atoms with Crippen LogP contribution in [-0.2, 0) is 28.8 Å². The Morgan fingerprint density at radius 3 is 0.510 bits per heavy atom. The van der Waals surface area contributed by atoms with Gasteiger partial charge in [0.1, 0.15) is 0 Å². The van der Waals surface area contributed by atoms with Crippen molar-refractivity contribution in [3.63, 3.8) is 0 Å². The molecule has 0 aromatic carbocycles. The van der Waals surface area contributed by atoms with Gasteiger partial charge >= 0.3 is 35.8 Å². The molecule has 618 valence electrons. The van der Waals surface area contributed by atoms with Crippen LogP contribution < -0.4 is 67.1 Å². The maximum atomic E-state index is 10.2. The van der Waals surface area contributed by atoms with Gasteiger partial charge in [-0.2, -0.15) is 0 Å². The first-order valence-electron chi connectivity index (χ1n) is 30.8. The Bertz CT molecular complexity index is 991. The number of aliphatic carboxylic acids is 6. The average molecular weight is 1440 g/mol. The molecule has 4 saturated carbocycles. The lowest BCUT2D eigenvalue weighted by Gasteiger charge is -1.97. The highest BCUT2D eigenvalue weighted by Crippen LogP contribution is 2.26. The molecule has 4 rings (SSSR count). The molecule has 0 bridgehead atoms. The highest BCUT2D eigenvalue weighted by atomic mass is 16.4. The predicted molar refractivity (Wildman–Crippen MR) is 423 cm³/mol. The molecule has 4 aliphatic rings. The van der Waals surface area contributed by atoms with Crippen LogP contribution in [0.5, 0.6) is 0 Å². The van der Waals surface area contributed by atoms with Gasteiger partial charge in [-0.05, 0) is 92.4 Å². The molecular weight excluding hydrogens is 1250 g/mol. The summed E-state index contributed by atoms with van der Waals surface area (Å²) in [6.45, 7) is 28.9. The molecule has 96 heavy (non-hydrogen) atoms. The van der Waals surface area contributed by atoms with Crippen molar-refractivity contribution >= 4 is 35.8 Å². The molecule has 0 amide bonds. The van der Waals surface area contributed by atoms with Crippen molar-refractivity contribution in [3.05, 3.63) is 0 Å². The quantitative estimate of drug-likeness (QED) is 0.0457. The third kappa shape index (κ3) is 227. The van der Waals surface area contributed by atoms with Gasteiger partial charge in [0, 0.05) is 65.7 Å². The summed E-state index contributed by atoms with van der Waals surface area (Å²) >= 11 is 0. The van der Waals surface area contributed by atoms with Crippen molar-refractivity contribution in [2.45, 2.75) is 297 Å². The molecule has 0 unspecified atom stereocenters. The van der Waals surface area contributed by atoms with E-state index >= 15 is 0 Å². The normalized spacial score (nSPS) is 10.9. The maximum Gasteiger partial charge on any atom is 0.306 e. The summed E-state index contributed by atoms with van der Waals surface area (Å²) in [6, 6.07) is 0. The standard InChI is InChI=1S/4C6H10O2.2C6H12O2.C3H10N2.4C2H8N2.5C2H6.CH6N2.8CH4.6H2O/c4*7-6(8)5-3-1-2-4-5;2*1-2-3-4-5-6(7)8;1-5-3-2-4;3*1-4-2-3;3-1-2-4;5*1-2;2-1-3;;;;;;;;;;;;;;/h4*5H,1-4H2,(H,7,8);2*2-5H2,1H3,(H,7,8);5H,2-4H2,1H3;3*4H,2-3H2,1H3;1-4H2;5*1-2H3;1-3H2;8*1H4;6*1H2. The van der Waals surface area contributed by atoms with Crippen molar-refractivity contribution < 1.29 is 92.3 Å². The summed E-state index contributed by atoms with van der Waals surface area (Å²) in [4.78, 5) is 60.6. The molecule has 0 spiro atoms. The van der Waals surface area contributed by atoms with Gasteiger partial charge in [-0.3, -0.25) is 28.8 Å². The number of carboxylic acids is 6. The summed E-state index contributed by atoms with van der Waals surface area (Å²) in [5.74, 6) is -3.87. The summed E-state index contributed by atoms with van der Waals surface area (Å²) in [5.41, 5.74) is 38.9. The summed E-state index contributed by atoms with van der Waals surface area (Å²) in [6.07, 6.45) is 22.6. The zero-order chi connectivity index (χ0) is 67.2. The molecule has 30 heteroatoms. The minimum absolute atomic E-state index is 0. The molecule has 4 aliphatic carbocycles. The maximum absolute atomic E-state index is 10.2. The van der Waals surface area contributed by atoms with E-state index in [1.807, 2.05) is 76.3 Å². The lowest BCUT2D eigenvalue weighted by Crippen LogP contribution is -2.17. The monoisotopic (exact) mass is 1440 g/mol. The van der Waals surface area contributed by atoms with Crippen molar-refractivity contribution in [1.82, 2.24) is 21.3 Å². The number of nitrogens with two attached hydrogens (primary N) is 8. The fourth-order valence-electron chi connectivity index (χ4n) is 5.89. The van der Waals surface area contributed by atoms with Crippen LogP contribution in [0.15, 0.2) is 0 Å². The second kappa shape index (κ2) is 192. The predicted octanol–water partition coefficient (Wildman–Crippen LogP) is 7.91. The smallest absolute Gasteiger partial charge is 0.306 e. The van der Waals surface area contributed by atoms with Crippen LogP contribution in [-0.4, -0.2) is 180 Å². The van der Waals surface area contributed by atoms with E-state index in [4.69, 9.17) is 65.0 Å². The van der Waals surface area contributed by atoms with Gasteiger partial charge in [-0.1, -0.05) is 220 Å². The Kier molecular flexibility index (Phi) is 360. The van der Waals surface area contributed by atoms with Gasteiger partial charge in [0.05, 0.1) is 23.7 Å². The fourth-order valence-corrected chi connectivity index (χ4v) is 5.89. The molecule has 0 aromatic heterocycles. The summed E-state index contributed by atoms with van der Waals surface area (Å²) in [7, 11) is 7.30. The van der Waals surface area contributed by atoms with E-state index in [0.29, 0.717) is 45.9 Å². The highest BCUT2D eigenvalue weighted by molar-refractivity contribution is 5.71. The topological polar surface area (TPSA) is 669 Å². The Hall–Kier alpha value is -3.90. The van der Waals surface area contributed by atoms with Crippen molar-refractivity contribution in [2.75, 3.05) is 81.0 Å². The van der Waals surface area contributed by atoms with Gasteiger partial charge in [-0.25, -0.2) is 0 Å².